The van der Waals surface area contributed by atoms with Crippen LogP contribution < -0.4 is 10.6 Å². The second-order valence-electron chi connectivity index (χ2n) is 7.60. The van der Waals surface area contributed by atoms with Crippen molar-refractivity contribution in [3.8, 4) is 22.6 Å². The van der Waals surface area contributed by atoms with E-state index in [2.05, 4.69) is 63.5 Å². The molecule has 1 aliphatic rings. The molecular weight excluding hydrogens is 380 g/mol. The Morgan fingerprint density at radius 1 is 1.07 bits per heavy atom. The van der Waals surface area contributed by atoms with Crippen molar-refractivity contribution in [1.82, 2.24) is 24.7 Å². The van der Waals surface area contributed by atoms with Crippen molar-refractivity contribution in [2.45, 2.75) is 32.7 Å². The van der Waals surface area contributed by atoms with Crippen LogP contribution >= 0.6 is 11.3 Å². The van der Waals surface area contributed by atoms with Crippen molar-refractivity contribution < 1.29 is 0 Å². The summed E-state index contributed by atoms with van der Waals surface area (Å²) in [5, 5.41) is 9.05. The van der Waals surface area contributed by atoms with Crippen LogP contribution in [-0.2, 0) is 0 Å². The fourth-order valence-electron chi connectivity index (χ4n) is 3.85. The Labute approximate surface area is 174 Å². The van der Waals surface area contributed by atoms with Crippen LogP contribution in [-0.4, -0.2) is 38.5 Å². The number of aromatic nitrogens is 4. The van der Waals surface area contributed by atoms with Gasteiger partial charge in [-0.2, -0.15) is 0 Å². The van der Waals surface area contributed by atoms with Crippen LogP contribution in [0.1, 0.15) is 24.1 Å². The lowest BCUT2D eigenvalue weighted by Crippen LogP contribution is -2.35. The molecule has 6 nitrogen and oxygen atoms in total. The third-order valence-corrected chi connectivity index (χ3v) is 6.37. The topological polar surface area (TPSA) is 67.1 Å². The second-order valence-corrected chi connectivity index (χ2v) is 8.44. The van der Waals surface area contributed by atoms with Gasteiger partial charge in [0.1, 0.15) is 5.69 Å². The highest BCUT2D eigenvalue weighted by molar-refractivity contribution is 7.15. The molecule has 1 aliphatic heterocycles. The molecular formula is C22H24N6S. The average Bonchev–Trinajstić information content (AvgIpc) is 3.29. The smallest absolute Gasteiger partial charge is 0.223 e. The number of thiazole rings is 1. The van der Waals surface area contributed by atoms with Crippen molar-refractivity contribution in [2.24, 2.45) is 0 Å². The van der Waals surface area contributed by atoms with Gasteiger partial charge in [0.05, 0.1) is 11.4 Å². The minimum Gasteiger partial charge on any atom is -0.351 e. The fraction of sp³-hybridized carbons (Fsp3) is 0.318. The van der Waals surface area contributed by atoms with E-state index in [1.807, 2.05) is 12.3 Å². The molecule has 148 valence electrons. The molecule has 0 radical (unpaired) electrons. The van der Waals surface area contributed by atoms with Gasteiger partial charge in [0.2, 0.25) is 5.95 Å². The summed E-state index contributed by atoms with van der Waals surface area (Å²) in [4.78, 5) is 15.3. The molecule has 0 spiro atoms. The first kappa shape index (κ1) is 18.3. The lowest BCUT2D eigenvalue weighted by atomic mass is 10.1. The minimum atomic E-state index is 0.413. The number of piperidine rings is 1. The Morgan fingerprint density at radius 2 is 1.86 bits per heavy atom. The second kappa shape index (κ2) is 7.57. The van der Waals surface area contributed by atoms with E-state index in [-0.39, 0.29) is 0 Å². The average molecular weight is 405 g/mol. The van der Waals surface area contributed by atoms with Crippen LogP contribution in [0, 0.1) is 13.8 Å². The van der Waals surface area contributed by atoms with Gasteiger partial charge in [-0.25, -0.2) is 15.0 Å². The van der Waals surface area contributed by atoms with Crippen LogP contribution in [0.3, 0.4) is 0 Å². The summed E-state index contributed by atoms with van der Waals surface area (Å²) in [6.45, 7) is 6.28. The van der Waals surface area contributed by atoms with Gasteiger partial charge in [-0.1, -0.05) is 29.8 Å². The highest BCUT2D eigenvalue weighted by atomic mass is 32.1. The summed E-state index contributed by atoms with van der Waals surface area (Å²) < 4.78 is 2.20. The SMILES string of the molecule is Cc1ccc(-c2nc3scc(C)n3c2-c2ccnc(NC3CCNCC3)n2)cc1. The van der Waals surface area contributed by atoms with E-state index in [9.17, 15) is 0 Å². The number of hydrogen-bond acceptors (Lipinski definition) is 6. The molecule has 4 heterocycles. The quantitative estimate of drug-likeness (QED) is 0.531. The number of aryl methyl sites for hydroxylation is 2. The van der Waals surface area contributed by atoms with E-state index in [1.165, 1.54) is 5.56 Å². The highest BCUT2D eigenvalue weighted by Gasteiger charge is 2.21. The monoisotopic (exact) mass is 404 g/mol. The Kier molecular flexibility index (Phi) is 4.77. The molecule has 7 heteroatoms. The van der Waals surface area contributed by atoms with E-state index in [0.717, 1.165) is 59.2 Å². The minimum absolute atomic E-state index is 0.413. The third-order valence-electron chi connectivity index (χ3n) is 5.43. The maximum Gasteiger partial charge on any atom is 0.223 e. The maximum atomic E-state index is 4.95. The van der Waals surface area contributed by atoms with Crippen molar-refractivity contribution in [3.63, 3.8) is 0 Å². The zero-order valence-electron chi connectivity index (χ0n) is 16.6. The normalized spacial score (nSPS) is 15.1. The number of anilines is 1. The first-order valence-electron chi connectivity index (χ1n) is 10.0. The van der Waals surface area contributed by atoms with Gasteiger partial charge in [-0.05, 0) is 45.8 Å². The fourth-order valence-corrected chi connectivity index (χ4v) is 4.72. The number of nitrogens with one attached hydrogen (secondary N) is 2. The summed E-state index contributed by atoms with van der Waals surface area (Å²) in [7, 11) is 0. The van der Waals surface area contributed by atoms with Gasteiger partial charge in [0.15, 0.2) is 4.96 Å². The Hall–Kier alpha value is -2.77. The molecule has 1 saturated heterocycles. The Balaban J connectivity index is 1.60. The Morgan fingerprint density at radius 3 is 2.66 bits per heavy atom. The number of rotatable bonds is 4. The number of hydrogen-bond donors (Lipinski definition) is 2. The summed E-state index contributed by atoms with van der Waals surface area (Å²) in [6, 6.07) is 10.9. The highest BCUT2D eigenvalue weighted by Crippen LogP contribution is 2.35. The van der Waals surface area contributed by atoms with Gasteiger partial charge in [-0.3, -0.25) is 4.40 Å². The molecule has 3 aromatic heterocycles. The lowest BCUT2D eigenvalue weighted by Gasteiger charge is -2.23. The maximum absolute atomic E-state index is 4.95. The number of benzene rings is 1. The van der Waals surface area contributed by atoms with E-state index in [4.69, 9.17) is 9.97 Å². The van der Waals surface area contributed by atoms with E-state index in [0.29, 0.717) is 12.0 Å². The Bertz CT molecular complexity index is 1140. The third kappa shape index (κ3) is 3.52. The van der Waals surface area contributed by atoms with Gasteiger partial charge in [-0.15, -0.1) is 11.3 Å². The van der Waals surface area contributed by atoms with Crippen molar-refractivity contribution in [1.29, 1.82) is 0 Å². The van der Waals surface area contributed by atoms with Gasteiger partial charge in [0, 0.05) is 28.9 Å². The zero-order chi connectivity index (χ0) is 19.8. The first-order valence-corrected chi connectivity index (χ1v) is 10.9. The molecule has 0 unspecified atom stereocenters. The number of nitrogens with zero attached hydrogens (tertiary/aromatic N) is 4. The van der Waals surface area contributed by atoms with Gasteiger partial charge in [0.25, 0.3) is 0 Å². The number of fused-ring (bicyclic) bond motifs is 1. The predicted octanol–water partition coefficient (Wildman–Crippen LogP) is 4.30. The zero-order valence-corrected chi connectivity index (χ0v) is 17.5. The van der Waals surface area contributed by atoms with Gasteiger partial charge >= 0.3 is 0 Å². The van der Waals surface area contributed by atoms with Crippen molar-refractivity contribution in [3.05, 3.63) is 53.2 Å². The van der Waals surface area contributed by atoms with E-state index < -0.39 is 0 Å². The van der Waals surface area contributed by atoms with E-state index in [1.54, 1.807) is 11.3 Å². The first-order chi connectivity index (χ1) is 14.2. The largest absolute Gasteiger partial charge is 0.351 e. The van der Waals surface area contributed by atoms with Crippen LogP contribution in [0.5, 0.6) is 0 Å². The molecule has 29 heavy (non-hydrogen) atoms. The number of imidazole rings is 1. The summed E-state index contributed by atoms with van der Waals surface area (Å²) in [5.74, 6) is 0.687. The van der Waals surface area contributed by atoms with Gasteiger partial charge < -0.3 is 10.6 Å². The molecule has 0 saturated carbocycles. The van der Waals surface area contributed by atoms with Crippen LogP contribution in [0.4, 0.5) is 5.95 Å². The summed E-state index contributed by atoms with van der Waals surface area (Å²) in [5.41, 5.74) is 6.39. The van der Waals surface area contributed by atoms with Crippen LogP contribution in [0.2, 0.25) is 0 Å². The van der Waals surface area contributed by atoms with Crippen molar-refractivity contribution in [2.75, 3.05) is 18.4 Å². The molecule has 0 amide bonds. The summed E-state index contributed by atoms with van der Waals surface area (Å²) in [6.07, 6.45) is 4.01. The molecule has 1 fully saturated rings. The molecule has 4 aromatic rings. The molecule has 1 aromatic carbocycles. The van der Waals surface area contributed by atoms with Crippen molar-refractivity contribution >= 4 is 22.2 Å². The van der Waals surface area contributed by atoms with Crippen LogP contribution in [0.25, 0.3) is 27.6 Å². The lowest BCUT2D eigenvalue weighted by molar-refractivity contribution is 0.477. The predicted molar refractivity (Wildman–Crippen MR) is 119 cm³/mol. The molecule has 5 rings (SSSR count). The van der Waals surface area contributed by atoms with E-state index >= 15 is 0 Å². The molecule has 0 aliphatic carbocycles. The molecule has 2 N–H and O–H groups in total. The standard InChI is InChI=1S/C22H24N6S/c1-14-3-5-16(6-4-14)19-20(28-15(2)13-29-22(28)27-19)18-9-12-24-21(26-18)25-17-7-10-23-11-8-17/h3-6,9,12-13,17,23H,7-8,10-11H2,1-2H3,(H,24,25,26). The molecule has 0 bridgehead atoms. The molecule has 0 atom stereocenters. The summed E-state index contributed by atoms with van der Waals surface area (Å²) >= 11 is 1.66. The van der Waals surface area contributed by atoms with Crippen LogP contribution in [0.15, 0.2) is 41.9 Å².